The minimum atomic E-state index is -0.841. The first-order chi connectivity index (χ1) is 5.66. The minimum Gasteiger partial charge on any atom is -0.353 e. The van der Waals surface area contributed by atoms with Gasteiger partial charge in [-0.05, 0) is 0 Å². The van der Waals surface area contributed by atoms with E-state index in [1.165, 1.54) is 14.2 Å². The van der Waals surface area contributed by atoms with Gasteiger partial charge in [-0.2, -0.15) is 0 Å². The molecular weight excluding hydrogens is 166 g/mol. The molecule has 1 rings (SSSR count). The summed E-state index contributed by atoms with van der Waals surface area (Å²) in [6, 6.07) is 0. The van der Waals surface area contributed by atoms with E-state index in [1.807, 2.05) is 0 Å². The third-order valence-corrected chi connectivity index (χ3v) is 2.60. The summed E-state index contributed by atoms with van der Waals surface area (Å²) in [6.07, 6.45) is 0.611. The van der Waals surface area contributed by atoms with E-state index in [2.05, 4.69) is 0 Å². The number of hydrogen-bond acceptors (Lipinski definition) is 2. The molecule has 4 heteroatoms. The lowest BCUT2D eigenvalue weighted by Crippen LogP contribution is -2.56. The molecule has 1 saturated carbocycles. The Balaban J connectivity index is 2.52. The van der Waals surface area contributed by atoms with Gasteiger partial charge in [-0.3, -0.25) is 8.78 Å². The Bertz CT molecular complexity index is 127. The largest absolute Gasteiger partial charge is 0.353 e. The second kappa shape index (κ2) is 3.26. The van der Waals surface area contributed by atoms with Crippen molar-refractivity contribution in [3.8, 4) is 0 Å². The van der Waals surface area contributed by atoms with Crippen LogP contribution in [0.25, 0.3) is 0 Å². The number of methoxy groups -OCH3 is 2. The fourth-order valence-electron chi connectivity index (χ4n) is 1.69. The molecule has 0 saturated heterocycles. The highest BCUT2D eigenvalue weighted by Crippen LogP contribution is 2.51. The highest BCUT2D eigenvalue weighted by Gasteiger charge is 2.56. The number of hydrogen-bond donors (Lipinski definition) is 0. The van der Waals surface area contributed by atoms with Crippen molar-refractivity contribution in [2.24, 2.45) is 5.41 Å². The molecule has 0 unspecified atom stereocenters. The molecule has 1 aliphatic carbocycles. The monoisotopic (exact) mass is 180 g/mol. The second-order valence-corrected chi connectivity index (χ2v) is 3.44. The number of ether oxygens (including phenoxy) is 2. The lowest BCUT2D eigenvalue weighted by molar-refractivity contribution is -0.301. The SMILES string of the molecule is COC1(OC)CC(CF)(CF)C1. The van der Waals surface area contributed by atoms with Gasteiger partial charge in [0.2, 0.25) is 0 Å². The van der Waals surface area contributed by atoms with Gasteiger partial charge in [-0.15, -0.1) is 0 Å². The third kappa shape index (κ3) is 1.33. The Kier molecular flexibility index (Phi) is 2.68. The van der Waals surface area contributed by atoms with Gasteiger partial charge in [0, 0.05) is 32.5 Å². The smallest absolute Gasteiger partial charge is 0.168 e. The van der Waals surface area contributed by atoms with Crippen molar-refractivity contribution in [1.82, 2.24) is 0 Å². The summed E-state index contributed by atoms with van der Waals surface area (Å²) >= 11 is 0. The molecule has 0 aromatic heterocycles. The maximum absolute atomic E-state index is 12.4. The fourth-order valence-corrected chi connectivity index (χ4v) is 1.69. The van der Waals surface area contributed by atoms with Crippen molar-refractivity contribution in [3.63, 3.8) is 0 Å². The van der Waals surface area contributed by atoms with Crippen molar-refractivity contribution >= 4 is 0 Å². The molecule has 0 bridgehead atoms. The van der Waals surface area contributed by atoms with E-state index in [9.17, 15) is 8.78 Å². The molecule has 0 atom stereocenters. The van der Waals surface area contributed by atoms with Crippen LogP contribution in [0, 0.1) is 5.41 Å². The Morgan fingerprint density at radius 3 is 1.75 bits per heavy atom. The van der Waals surface area contributed by atoms with Gasteiger partial charge in [-0.25, -0.2) is 0 Å². The lowest BCUT2D eigenvalue weighted by Gasteiger charge is -2.51. The molecule has 1 fully saturated rings. The van der Waals surface area contributed by atoms with Crippen molar-refractivity contribution in [1.29, 1.82) is 0 Å². The molecule has 12 heavy (non-hydrogen) atoms. The van der Waals surface area contributed by atoms with Gasteiger partial charge >= 0.3 is 0 Å². The number of alkyl halides is 2. The lowest BCUT2D eigenvalue weighted by atomic mass is 9.66. The standard InChI is InChI=1S/C8H14F2O2/c1-11-8(12-2)3-7(4-8,5-9)6-10/h3-6H2,1-2H3. The predicted molar refractivity (Wildman–Crippen MR) is 40.4 cm³/mol. The first-order valence-corrected chi connectivity index (χ1v) is 3.88. The van der Waals surface area contributed by atoms with Crippen LogP contribution in [0.2, 0.25) is 0 Å². The van der Waals surface area contributed by atoms with Gasteiger partial charge in [-0.1, -0.05) is 0 Å². The predicted octanol–water partition coefficient (Wildman–Crippen LogP) is 1.69. The molecule has 0 amide bonds. The van der Waals surface area contributed by atoms with E-state index in [1.54, 1.807) is 0 Å². The Labute approximate surface area is 70.8 Å². The van der Waals surface area contributed by atoms with Gasteiger partial charge < -0.3 is 9.47 Å². The topological polar surface area (TPSA) is 18.5 Å². The first-order valence-electron chi connectivity index (χ1n) is 3.88. The third-order valence-electron chi connectivity index (χ3n) is 2.60. The van der Waals surface area contributed by atoms with E-state index in [4.69, 9.17) is 9.47 Å². The van der Waals surface area contributed by atoms with E-state index in [0.717, 1.165) is 0 Å². The molecule has 0 spiro atoms. The van der Waals surface area contributed by atoms with Crippen molar-refractivity contribution < 1.29 is 18.3 Å². The molecule has 0 radical (unpaired) electrons. The van der Waals surface area contributed by atoms with E-state index in [0.29, 0.717) is 12.8 Å². The van der Waals surface area contributed by atoms with Crippen LogP contribution in [0.3, 0.4) is 0 Å². The van der Waals surface area contributed by atoms with Crippen LogP contribution in [0.4, 0.5) is 8.78 Å². The zero-order valence-corrected chi connectivity index (χ0v) is 7.40. The zero-order valence-electron chi connectivity index (χ0n) is 7.40. The number of rotatable bonds is 4. The molecule has 0 aromatic carbocycles. The van der Waals surface area contributed by atoms with Crippen LogP contribution >= 0.6 is 0 Å². The normalized spacial score (nSPS) is 25.0. The summed E-state index contributed by atoms with van der Waals surface area (Å²) in [5.41, 5.74) is -0.841. The minimum absolute atomic E-state index is 0.306. The quantitative estimate of drug-likeness (QED) is 0.613. The summed E-state index contributed by atoms with van der Waals surface area (Å²) in [6.45, 7) is -1.28. The molecule has 1 aliphatic rings. The molecule has 0 N–H and O–H groups in total. The highest BCUT2D eigenvalue weighted by atomic mass is 19.1. The maximum atomic E-state index is 12.4. The van der Waals surface area contributed by atoms with Crippen LogP contribution in [0.5, 0.6) is 0 Å². The van der Waals surface area contributed by atoms with Crippen LogP contribution in [0.1, 0.15) is 12.8 Å². The van der Waals surface area contributed by atoms with Crippen LogP contribution in [-0.2, 0) is 9.47 Å². The summed E-state index contributed by atoms with van der Waals surface area (Å²) in [5, 5.41) is 0. The first kappa shape index (κ1) is 9.86. The van der Waals surface area contributed by atoms with E-state index < -0.39 is 24.6 Å². The van der Waals surface area contributed by atoms with E-state index >= 15 is 0 Å². The Morgan fingerprint density at radius 1 is 1.08 bits per heavy atom. The average molecular weight is 180 g/mol. The Hall–Kier alpha value is -0.220. The fraction of sp³-hybridized carbons (Fsp3) is 1.00. The maximum Gasteiger partial charge on any atom is 0.168 e. The van der Waals surface area contributed by atoms with Crippen LogP contribution in [0.15, 0.2) is 0 Å². The molecule has 0 aromatic rings. The highest BCUT2D eigenvalue weighted by molar-refractivity contribution is 4.99. The van der Waals surface area contributed by atoms with Crippen molar-refractivity contribution in [2.45, 2.75) is 18.6 Å². The van der Waals surface area contributed by atoms with Crippen molar-refractivity contribution in [3.05, 3.63) is 0 Å². The zero-order chi connectivity index (χ0) is 9.24. The molecule has 2 nitrogen and oxygen atoms in total. The van der Waals surface area contributed by atoms with Gasteiger partial charge in [0.1, 0.15) is 0 Å². The molecule has 72 valence electrons. The van der Waals surface area contributed by atoms with Crippen LogP contribution < -0.4 is 0 Å². The van der Waals surface area contributed by atoms with Gasteiger partial charge in [0.25, 0.3) is 0 Å². The average Bonchev–Trinajstić information content (AvgIpc) is 2.07. The van der Waals surface area contributed by atoms with Crippen molar-refractivity contribution in [2.75, 3.05) is 27.6 Å². The second-order valence-electron chi connectivity index (χ2n) is 3.44. The van der Waals surface area contributed by atoms with E-state index in [-0.39, 0.29) is 0 Å². The van der Waals surface area contributed by atoms with Gasteiger partial charge in [0.15, 0.2) is 5.79 Å². The molecular formula is C8H14F2O2. The summed E-state index contributed by atoms with van der Waals surface area (Å²) in [5.74, 6) is -0.738. The molecule has 0 heterocycles. The summed E-state index contributed by atoms with van der Waals surface area (Å²) in [4.78, 5) is 0. The molecule has 0 aliphatic heterocycles. The summed E-state index contributed by atoms with van der Waals surface area (Å²) < 4.78 is 34.8. The number of halogens is 2. The van der Waals surface area contributed by atoms with Crippen LogP contribution in [-0.4, -0.2) is 33.4 Å². The Morgan fingerprint density at radius 2 is 1.50 bits per heavy atom. The summed E-state index contributed by atoms with van der Waals surface area (Å²) in [7, 11) is 2.98. The van der Waals surface area contributed by atoms with Gasteiger partial charge in [0.05, 0.1) is 13.3 Å².